The Bertz CT molecular complexity index is 210. The average Bonchev–Trinajstić information content (AvgIpc) is 2.30. The van der Waals surface area contributed by atoms with Gasteiger partial charge in [0, 0.05) is 24.7 Å². The van der Waals surface area contributed by atoms with E-state index in [4.69, 9.17) is 10.5 Å². The minimum atomic E-state index is 0.0744. The Morgan fingerprint density at radius 1 is 1.44 bits per heavy atom. The molecule has 0 spiro atoms. The first-order valence-electron chi connectivity index (χ1n) is 6.28. The summed E-state index contributed by atoms with van der Waals surface area (Å²) in [5, 5.41) is 0. The van der Waals surface area contributed by atoms with Crippen LogP contribution >= 0.6 is 0 Å². The fourth-order valence-electron chi connectivity index (χ4n) is 2.21. The summed E-state index contributed by atoms with van der Waals surface area (Å²) in [5.41, 5.74) is 6.38. The van der Waals surface area contributed by atoms with E-state index >= 15 is 0 Å². The lowest BCUT2D eigenvalue weighted by Crippen LogP contribution is -2.59. The summed E-state index contributed by atoms with van der Waals surface area (Å²) in [4.78, 5) is 2.45. The summed E-state index contributed by atoms with van der Waals surface area (Å²) in [7, 11) is 0. The summed E-state index contributed by atoms with van der Waals surface area (Å²) in [6, 6.07) is 0.227. The molecule has 0 saturated carbocycles. The van der Waals surface area contributed by atoms with Crippen molar-refractivity contribution in [3.63, 3.8) is 0 Å². The van der Waals surface area contributed by atoms with Gasteiger partial charge in [-0.3, -0.25) is 4.90 Å². The predicted octanol–water partition coefficient (Wildman–Crippen LogP) is 1.78. The van der Waals surface area contributed by atoms with Crippen molar-refractivity contribution in [1.82, 2.24) is 4.90 Å². The smallest absolute Gasteiger partial charge is 0.0594 e. The van der Waals surface area contributed by atoms with Crippen molar-refractivity contribution in [3.8, 4) is 0 Å². The molecule has 0 aromatic rings. The number of hydrogen-bond acceptors (Lipinski definition) is 3. The molecular weight excluding hydrogens is 200 g/mol. The van der Waals surface area contributed by atoms with Crippen LogP contribution in [0.5, 0.6) is 0 Å². The third-order valence-electron chi connectivity index (χ3n) is 3.66. The fraction of sp³-hybridized carbons (Fsp3) is 0.846. The normalized spacial score (nSPS) is 20.7. The van der Waals surface area contributed by atoms with Gasteiger partial charge >= 0.3 is 0 Å². The second kappa shape index (κ2) is 6.38. The summed E-state index contributed by atoms with van der Waals surface area (Å²) in [5.74, 6) is 0. The van der Waals surface area contributed by atoms with E-state index in [1.54, 1.807) is 0 Å². The fourth-order valence-corrected chi connectivity index (χ4v) is 2.21. The molecule has 3 heteroatoms. The lowest BCUT2D eigenvalue weighted by Gasteiger charge is -2.44. The van der Waals surface area contributed by atoms with Gasteiger partial charge in [0.25, 0.3) is 0 Å². The molecule has 94 valence electrons. The van der Waals surface area contributed by atoms with Gasteiger partial charge in [-0.25, -0.2) is 0 Å². The van der Waals surface area contributed by atoms with E-state index in [1.165, 1.54) is 0 Å². The lowest BCUT2D eigenvalue weighted by molar-refractivity contribution is -0.0196. The molecule has 16 heavy (non-hydrogen) atoms. The maximum atomic E-state index is 6.31. The molecule has 0 aliphatic carbocycles. The van der Waals surface area contributed by atoms with Gasteiger partial charge in [0.15, 0.2) is 0 Å². The minimum absolute atomic E-state index is 0.0744. The van der Waals surface area contributed by atoms with E-state index in [0.29, 0.717) is 0 Å². The summed E-state index contributed by atoms with van der Waals surface area (Å²) >= 11 is 0. The van der Waals surface area contributed by atoms with Crippen LogP contribution in [0.25, 0.3) is 0 Å². The van der Waals surface area contributed by atoms with Gasteiger partial charge in [-0.2, -0.15) is 0 Å². The highest BCUT2D eigenvalue weighted by Crippen LogP contribution is 2.22. The Labute approximate surface area is 99.6 Å². The summed E-state index contributed by atoms with van der Waals surface area (Å²) < 4.78 is 5.38. The molecule has 3 nitrogen and oxygen atoms in total. The first kappa shape index (κ1) is 13.7. The SMILES string of the molecule is C=CCCCC(N)C(C)(C)N1CCOCC1. The zero-order valence-corrected chi connectivity index (χ0v) is 10.7. The monoisotopic (exact) mass is 226 g/mol. The standard InChI is InChI=1S/C13H26N2O/c1-4-5-6-7-12(14)13(2,3)15-8-10-16-11-9-15/h4,12H,1,5-11,14H2,2-3H3. The number of hydrogen-bond donors (Lipinski definition) is 1. The van der Waals surface area contributed by atoms with Gasteiger partial charge in [-0.1, -0.05) is 6.08 Å². The lowest BCUT2D eigenvalue weighted by atomic mass is 9.89. The molecule has 0 radical (unpaired) electrons. The van der Waals surface area contributed by atoms with Crippen molar-refractivity contribution in [2.75, 3.05) is 26.3 Å². The second-order valence-electron chi connectivity index (χ2n) is 5.08. The van der Waals surface area contributed by atoms with Crippen LogP contribution in [0.4, 0.5) is 0 Å². The van der Waals surface area contributed by atoms with Gasteiger partial charge in [0.05, 0.1) is 13.2 Å². The minimum Gasteiger partial charge on any atom is -0.379 e. The molecule has 0 bridgehead atoms. The number of ether oxygens (including phenoxy) is 1. The highest BCUT2D eigenvalue weighted by Gasteiger charge is 2.33. The molecular formula is C13H26N2O. The molecule has 0 aromatic heterocycles. The molecule has 1 saturated heterocycles. The Morgan fingerprint density at radius 3 is 2.62 bits per heavy atom. The molecule has 1 unspecified atom stereocenters. The molecule has 1 aliphatic heterocycles. The largest absolute Gasteiger partial charge is 0.379 e. The van der Waals surface area contributed by atoms with Crippen LogP contribution in [0.15, 0.2) is 12.7 Å². The Kier molecular flexibility index (Phi) is 5.46. The van der Waals surface area contributed by atoms with Gasteiger partial charge in [-0.15, -0.1) is 6.58 Å². The Balaban J connectivity index is 2.43. The van der Waals surface area contributed by atoms with Crippen molar-refractivity contribution < 1.29 is 4.74 Å². The van der Waals surface area contributed by atoms with Gasteiger partial charge in [-0.05, 0) is 33.1 Å². The van der Waals surface area contributed by atoms with E-state index in [2.05, 4.69) is 25.3 Å². The third kappa shape index (κ3) is 3.58. The molecule has 1 aliphatic rings. The number of nitrogens with two attached hydrogens (primary N) is 1. The maximum Gasteiger partial charge on any atom is 0.0594 e. The van der Waals surface area contributed by atoms with Crippen LogP contribution in [0.2, 0.25) is 0 Å². The number of allylic oxidation sites excluding steroid dienone is 1. The van der Waals surface area contributed by atoms with E-state index < -0.39 is 0 Å². The second-order valence-corrected chi connectivity index (χ2v) is 5.08. The topological polar surface area (TPSA) is 38.5 Å². The van der Waals surface area contributed by atoms with E-state index in [-0.39, 0.29) is 11.6 Å². The molecule has 1 heterocycles. The van der Waals surface area contributed by atoms with Crippen molar-refractivity contribution in [3.05, 3.63) is 12.7 Å². The summed E-state index contributed by atoms with van der Waals surface area (Å²) in [6.07, 6.45) is 5.23. The highest BCUT2D eigenvalue weighted by atomic mass is 16.5. The van der Waals surface area contributed by atoms with Gasteiger partial charge in [0.1, 0.15) is 0 Å². The van der Waals surface area contributed by atoms with Crippen LogP contribution in [-0.4, -0.2) is 42.8 Å². The number of rotatable bonds is 6. The van der Waals surface area contributed by atoms with Crippen LogP contribution in [0, 0.1) is 0 Å². The van der Waals surface area contributed by atoms with E-state index in [0.717, 1.165) is 45.6 Å². The van der Waals surface area contributed by atoms with E-state index in [1.807, 2.05) is 6.08 Å². The first-order chi connectivity index (χ1) is 7.59. The number of morpholine rings is 1. The molecule has 1 rings (SSSR count). The zero-order chi connectivity index (χ0) is 12.0. The first-order valence-corrected chi connectivity index (χ1v) is 6.28. The van der Waals surface area contributed by atoms with Crippen molar-refractivity contribution in [1.29, 1.82) is 0 Å². The number of nitrogens with zero attached hydrogens (tertiary/aromatic N) is 1. The highest BCUT2D eigenvalue weighted by molar-refractivity contribution is 4.92. The van der Waals surface area contributed by atoms with Crippen LogP contribution in [0.3, 0.4) is 0 Å². The maximum absolute atomic E-state index is 6.31. The van der Waals surface area contributed by atoms with Crippen LogP contribution in [-0.2, 0) is 4.74 Å². The zero-order valence-electron chi connectivity index (χ0n) is 10.7. The molecule has 1 atom stereocenters. The quantitative estimate of drug-likeness (QED) is 0.554. The number of unbranched alkanes of at least 4 members (excludes halogenated alkanes) is 1. The van der Waals surface area contributed by atoms with Crippen molar-refractivity contribution >= 4 is 0 Å². The van der Waals surface area contributed by atoms with E-state index in [9.17, 15) is 0 Å². The van der Waals surface area contributed by atoms with Crippen molar-refractivity contribution in [2.24, 2.45) is 5.73 Å². The molecule has 0 amide bonds. The molecule has 0 aromatic carbocycles. The van der Waals surface area contributed by atoms with Gasteiger partial charge < -0.3 is 10.5 Å². The van der Waals surface area contributed by atoms with Crippen LogP contribution in [0.1, 0.15) is 33.1 Å². The molecule has 2 N–H and O–H groups in total. The van der Waals surface area contributed by atoms with Crippen molar-refractivity contribution in [2.45, 2.75) is 44.7 Å². The van der Waals surface area contributed by atoms with Crippen LogP contribution < -0.4 is 5.73 Å². The third-order valence-corrected chi connectivity index (χ3v) is 3.66. The average molecular weight is 226 g/mol. The molecule has 1 fully saturated rings. The predicted molar refractivity (Wildman–Crippen MR) is 68.5 cm³/mol. The summed E-state index contributed by atoms with van der Waals surface area (Å²) in [6.45, 7) is 11.9. The van der Waals surface area contributed by atoms with Gasteiger partial charge in [0.2, 0.25) is 0 Å². The Hall–Kier alpha value is -0.380. The Morgan fingerprint density at radius 2 is 2.06 bits per heavy atom.